The molecule has 2 nitrogen and oxygen atoms in total. The highest BCUT2D eigenvalue weighted by molar-refractivity contribution is 5.24. The Bertz CT molecular complexity index is 354. The van der Waals surface area contributed by atoms with E-state index in [4.69, 9.17) is 5.73 Å². The van der Waals surface area contributed by atoms with Gasteiger partial charge in [0.2, 0.25) is 0 Å². The van der Waals surface area contributed by atoms with Crippen LogP contribution in [-0.2, 0) is 0 Å². The number of rotatable bonds is 1. The SMILES string of the molecule is NC1CCCNC1c1ccc(F)cc1F. The normalized spacial score (nSPS) is 26.6. The van der Waals surface area contributed by atoms with E-state index in [1.165, 1.54) is 12.1 Å². The Morgan fingerprint density at radius 1 is 1.33 bits per heavy atom. The summed E-state index contributed by atoms with van der Waals surface area (Å²) in [5.41, 5.74) is 6.36. The third-order valence-electron chi connectivity index (χ3n) is 2.80. The highest BCUT2D eigenvalue weighted by atomic mass is 19.1. The lowest BCUT2D eigenvalue weighted by Gasteiger charge is -2.30. The predicted molar refractivity (Wildman–Crippen MR) is 54.3 cm³/mol. The van der Waals surface area contributed by atoms with Crippen molar-refractivity contribution in [2.45, 2.75) is 24.9 Å². The minimum Gasteiger partial charge on any atom is -0.326 e. The average Bonchev–Trinajstić information content (AvgIpc) is 2.20. The van der Waals surface area contributed by atoms with Gasteiger partial charge in [0.15, 0.2) is 0 Å². The molecule has 1 aromatic rings. The quantitative estimate of drug-likeness (QED) is 0.743. The maximum absolute atomic E-state index is 13.5. The summed E-state index contributed by atoms with van der Waals surface area (Å²) in [7, 11) is 0. The largest absolute Gasteiger partial charge is 0.326 e. The van der Waals surface area contributed by atoms with Gasteiger partial charge in [-0.05, 0) is 25.5 Å². The summed E-state index contributed by atoms with van der Waals surface area (Å²) >= 11 is 0. The molecule has 1 saturated heterocycles. The smallest absolute Gasteiger partial charge is 0.130 e. The lowest BCUT2D eigenvalue weighted by atomic mass is 9.93. The van der Waals surface area contributed by atoms with Gasteiger partial charge in [-0.15, -0.1) is 0 Å². The maximum Gasteiger partial charge on any atom is 0.130 e. The molecule has 1 heterocycles. The van der Waals surface area contributed by atoms with Crippen LogP contribution in [-0.4, -0.2) is 12.6 Å². The van der Waals surface area contributed by atoms with Crippen LogP contribution in [0.4, 0.5) is 8.78 Å². The van der Waals surface area contributed by atoms with Gasteiger partial charge in [-0.25, -0.2) is 8.78 Å². The van der Waals surface area contributed by atoms with Crippen molar-refractivity contribution in [2.24, 2.45) is 5.73 Å². The van der Waals surface area contributed by atoms with Crippen molar-refractivity contribution in [3.05, 3.63) is 35.4 Å². The zero-order chi connectivity index (χ0) is 10.8. The molecule has 15 heavy (non-hydrogen) atoms. The van der Waals surface area contributed by atoms with Gasteiger partial charge in [0, 0.05) is 17.7 Å². The van der Waals surface area contributed by atoms with Crippen molar-refractivity contribution in [3.63, 3.8) is 0 Å². The van der Waals surface area contributed by atoms with Gasteiger partial charge in [-0.3, -0.25) is 0 Å². The van der Waals surface area contributed by atoms with E-state index >= 15 is 0 Å². The zero-order valence-electron chi connectivity index (χ0n) is 8.34. The molecule has 1 aliphatic rings. The van der Waals surface area contributed by atoms with E-state index < -0.39 is 11.6 Å². The summed E-state index contributed by atoms with van der Waals surface area (Å²) in [6.45, 7) is 0.829. The van der Waals surface area contributed by atoms with E-state index in [0.29, 0.717) is 5.56 Å². The molecule has 0 aromatic heterocycles. The fourth-order valence-corrected chi connectivity index (χ4v) is 2.01. The number of nitrogens with two attached hydrogens (primary N) is 1. The average molecular weight is 212 g/mol. The molecule has 2 atom stereocenters. The molecule has 0 aliphatic carbocycles. The molecular formula is C11H14F2N2. The first-order chi connectivity index (χ1) is 7.18. The van der Waals surface area contributed by atoms with Gasteiger partial charge < -0.3 is 11.1 Å². The number of halogens is 2. The molecule has 0 bridgehead atoms. The van der Waals surface area contributed by atoms with Crippen LogP contribution in [0.3, 0.4) is 0 Å². The van der Waals surface area contributed by atoms with E-state index in [1.807, 2.05) is 0 Å². The van der Waals surface area contributed by atoms with E-state index in [1.54, 1.807) is 0 Å². The summed E-state index contributed by atoms with van der Waals surface area (Å²) in [6, 6.07) is 3.34. The Hall–Kier alpha value is -1.00. The van der Waals surface area contributed by atoms with Crippen LogP contribution in [0.2, 0.25) is 0 Å². The molecule has 0 spiro atoms. The molecule has 3 N–H and O–H groups in total. The van der Waals surface area contributed by atoms with Crippen LogP contribution < -0.4 is 11.1 Å². The Morgan fingerprint density at radius 3 is 2.80 bits per heavy atom. The van der Waals surface area contributed by atoms with Gasteiger partial charge in [0.1, 0.15) is 11.6 Å². The molecule has 0 radical (unpaired) electrons. The minimum absolute atomic E-state index is 0.0984. The van der Waals surface area contributed by atoms with Crippen LogP contribution in [0.25, 0.3) is 0 Å². The first-order valence-electron chi connectivity index (χ1n) is 5.12. The van der Waals surface area contributed by atoms with E-state index in [2.05, 4.69) is 5.32 Å². The summed E-state index contributed by atoms with van der Waals surface area (Å²) in [4.78, 5) is 0. The molecule has 1 fully saturated rings. The van der Waals surface area contributed by atoms with Crippen LogP contribution >= 0.6 is 0 Å². The molecule has 4 heteroatoms. The minimum atomic E-state index is -0.555. The van der Waals surface area contributed by atoms with Crippen molar-refractivity contribution >= 4 is 0 Å². The van der Waals surface area contributed by atoms with Gasteiger partial charge in [0.05, 0.1) is 6.04 Å². The first-order valence-corrected chi connectivity index (χ1v) is 5.12. The highest BCUT2D eigenvalue weighted by Crippen LogP contribution is 2.24. The summed E-state index contributed by atoms with van der Waals surface area (Å²) in [5.74, 6) is -1.08. The van der Waals surface area contributed by atoms with Gasteiger partial charge in [-0.1, -0.05) is 6.07 Å². The van der Waals surface area contributed by atoms with E-state index in [9.17, 15) is 8.78 Å². The zero-order valence-corrected chi connectivity index (χ0v) is 8.34. The van der Waals surface area contributed by atoms with Crippen LogP contribution in [0.1, 0.15) is 24.4 Å². The molecule has 82 valence electrons. The lowest BCUT2D eigenvalue weighted by molar-refractivity contribution is 0.349. The van der Waals surface area contributed by atoms with Crippen molar-refractivity contribution < 1.29 is 8.78 Å². The summed E-state index contributed by atoms with van der Waals surface area (Å²) in [6.07, 6.45) is 1.87. The fraction of sp³-hybridized carbons (Fsp3) is 0.455. The van der Waals surface area contributed by atoms with Crippen molar-refractivity contribution in [1.82, 2.24) is 5.32 Å². The van der Waals surface area contributed by atoms with Crippen LogP contribution in [0.15, 0.2) is 18.2 Å². The lowest BCUT2D eigenvalue weighted by Crippen LogP contribution is -2.43. The molecule has 1 aliphatic heterocycles. The van der Waals surface area contributed by atoms with Crippen LogP contribution in [0.5, 0.6) is 0 Å². The van der Waals surface area contributed by atoms with Crippen LogP contribution in [0, 0.1) is 11.6 Å². The Balaban J connectivity index is 2.27. The third-order valence-corrected chi connectivity index (χ3v) is 2.80. The van der Waals surface area contributed by atoms with E-state index in [0.717, 1.165) is 25.5 Å². The predicted octanol–water partition coefficient (Wildman–Crippen LogP) is 1.72. The molecule has 0 saturated carbocycles. The molecule has 0 amide bonds. The van der Waals surface area contributed by atoms with Crippen molar-refractivity contribution in [3.8, 4) is 0 Å². The summed E-state index contributed by atoms with van der Waals surface area (Å²) < 4.78 is 26.2. The van der Waals surface area contributed by atoms with Crippen molar-refractivity contribution in [2.75, 3.05) is 6.54 Å². The molecule has 2 rings (SSSR count). The van der Waals surface area contributed by atoms with Gasteiger partial charge >= 0.3 is 0 Å². The second-order valence-electron chi connectivity index (χ2n) is 3.90. The van der Waals surface area contributed by atoms with Gasteiger partial charge in [0.25, 0.3) is 0 Å². The molecule has 1 aromatic carbocycles. The number of hydrogen-bond acceptors (Lipinski definition) is 2. The highest BCUT2D eigenvalue weighted by Gasteiger charge is 2.25. The fourth-order valence-electron chi connectivity index (χ4n) is 2.01. The second-order valence-corrected chi connectivity index (χ2v) is 3.90. The maximum atomic E-state index is 13.5. The molecule has 2 unspecified atom stereocenters. The third kappa shape index (κ3) is 2.16. The summed E-state index contributed by atoms with van der Waals surface area (Å²) in [5, 5.41) is 3.16. The Morgan fingerprint density at radius 2 is 2.13 bits per heavy atom. The monoisotopic (exact) mass is 212 g/mol. The molecular weight excluding hydrogens is 198 g/mol. The first kappa shape index (κ1) is 10.5. The standard InChI is InChI=1S/C11H14F2N2/c12-7-3-4-8(9(13)6-7)11-10(14)2-1-5-15-11/h3-4,6,10-11,15H,1-2,5,14H2. The number of piperidine rings is 1. The number of nitrogens with one attached hydrogen (secondary N) is 1. The van der Waals surface area contributed by atoms with E-state index in [-0.39, 0.29) is 12.1 Å². The second kappa shape index (κ2) is 4.24. The Kier molecular flexibility index (Phi) is 2.98. The van der Waals surface area contributed by atoms with Gasteiger partial charge in [-0.2, -0.15) is 0 Å². The van der Waals surface area contributed by atoms with Crippen molar-refractivity contribution in [1.29, 1.82) is 0 Å². The number of benzene rings is 1. The topological polar surface area (TPSA) is 38.0 Å². The number of hydrogen-bond donors (Lipinski definition) is 2. The Labute approximate surface area is 87.5 Å².